The number of hydrogen-bond acceptors (Lipinski definition) is 4. The minimum absolute atomic E-state index is 0.0611. The Morgan fingerprint density at radius 1 is 0.912 bits per heavy atom. The summed E-state index contributed by atoms with van der Waals surface area (Å²) < 4.78 is 0. The lowest BCUT2D eigenvalue weighted by molar-refractivity contribution is -0.132. The number of aliphatic hydroxyl groups is 1. The van der Waals surface area contributed by atoms with Gasteiger partial charge in [0.15, 0.2) is 0 Å². The Morgan fingerprint density at radius 3 is 2.26 bits per heavy atom. The standard InChI is InChI=1S/C29H27NO4/c1-2-18-7-13-23(14-8-18)30-26(20-11-15-24(31)16-12-20)25(28(33)29(30)34)27(32)22-10-9-19-5-3-4-6-21(19)17-22/h7-17,26,31-32H,2-6H2,1H3/b27-25-. The van der Waals surface area contributed by atoms with E-state index in [2.05, 4.69) is 6.92 Å². The lowest BCUT2D eigenvalue weighted by Gasteiger charge is -2.26. The molecule has 0 aromatic heterocycles. The van der Waals surface area contributed by atoms with Crippen LogP contribution < -0.4 is 4.90 Å². The van der Waals surface area contributed by atoms with Crippen LogP contribution in [0.25, 0.3) is 5.76 Å². The molecule has 5 nitrogen and oxygen atoms in total. The topological polar surface area (TPSA) is 77.8 Å². The molecule has 5 rings (SSSR count). The highest BCUT2D eigenvalue weighted by molar-refractivity contribution is 6.51. The maximum absolute atomic E-state index is 13.3. The fourth-order valence-corrected chi connectivity index (χ4v) is 5.00. The Morgan fingerprint density at radius 2 is 1.59 bits per heavy atom. The van der Waals surface area contributed by atoms with Gasteiger partial charge in [0.2, 0.25) is 0 Å². The van der Waals surface area contributed by atoms with Crippen LogP contribution >= 0.6 is 0 Å². The molecule has 0 bridgehead atoms. The molecule has 5 heteroatoms. The van der Waals surface area contributed by atoms with Crippen molar-refractivity contribution in [2.45, 2.75) is 45.1 Å². The number of carbonyl (C=O) groups is 2. The third-order valence-electron chi connectivity index (χ3n) is 6.90. The van der Waals surface area contributed by atoms with Gasteiger partial charge in [0.1, 0.15) is 11.5 Å². The highest BCUT2D eigenvalue weighted by atomic mass is 16.3. The number of amides is 1. The van der Waals surface area contributed by atoms with Crippen molar-refractivity contribution in [2.75, 3.05) is 4.90 Å². The minimum atomic E-state index is -0.802. The van der Waals surface area contributed by atoms with E-state index in [0.717, 1.165) is 37.7 Å². The number of aryl methyl sites for hydroxylation is 3. The lowest BCUT2D eigenvalue weighted by Crippen LogP contribution is -2.29. The average molecular weight is 454 g/mol. The first-order chi connectivity index (χ1) is 16.5. The number of nitrogens with zero attached hydrogens (tertiary/aromatic N) is 1. The van der Waals surface area contributed by atoms with E-state index in [9.17, 15) is 19.8 Å². The summed E-state index contributed by atoms with van der Waals surface area (Å²) in [6, 6.07) is 18.9. The fraction of sp³-hybridized carbons (Fsp3) is 0.241. The lowest BCUT2D eigenvalue weighted by atomic mass is 9.88. The first-order valence-electron chi connectivity index (χ1n) is 11.8. The fourth-order valence-electron chi connectivity index (χ4n) is 5.00. The van der Waals surface area contributed by atoms with Gasteiger partial charge in [-0.1, -0.05) is 43.3 Å². The second kappa shape index (κ2) is 8.82. The number of carbonyl (C=O) groups excluding carboxylic acids is 2. The molecular weight excluding hydrogens is 426 g/mol. The van der Waals surface area contributed by atoms with E-state index < -0.39 is 17.7 Å². The summed E-state index contributed by atoms with van der Waals surface area (Å²) in [6.45, 7) is 2.05. The van der Waals surface area contributed by atoms with Crippen LogP contribution in [0.15, 0.2) is 72.3 Å². The number of rotatable bonds is 4. The second-order valence-corrected chi connectivity index (χ2v) is 8.97. The molecule has 34 heavy (non-hydrogen) atoms. The number of phenolic OH excluding ortho intramolecular Hbond substituents is 1. The smallest absolute Gasteiger partial charge is 0.300 e. The summed E-state index contributed by atoms with van der Waals surface area (Å²) in [6.07, 6.45) is 5.07. The van der Waals surface area contributed by atoms with Crippen LogP contribution in [0, 0.1) is 0 Å². The molecule has 0 spiro atoms. The highest BCUT2D eigenvalue weighted by Gasteiger charge is 2.47. The number of aromatic hydroxyl groups is 1. The van der Waals surface area contributed by atoms with E-state index in [0.29, 0.717) is 16.8 Å². The zero-order chi connectivity index (χ0) is 23.8. The summed E-state index contributed by atoms with van der Waals surface area (Å²) >= 11 is 0. The monoisotopic (exact) mass is 453 g/mol. The zero-order valence-corrected chi connectivity index (χ0v) is 19.1. The number of hydrogen-bond donors (Lipinski definition) is 2. The van der Waals surface area contributed by atoms with Crippen molar-refractivity contribution >= 4 is 23.1 Å². The number of phenols is 1. The number of fused-ring (bicyclic) bond motifs is 1. The molecule has 1 aliphatic carbocycles. The molecular formula is C29H27NO4. The molecule has 1 heterocycles. The molecule has 3 aromatic rings. The summed E-state index contributed by atoms with van der Waals surface area (Å²) in [4.78, 5) is 28.0. The molecule has 1 fully saturated rings. The summed E-state index contributed by atoms with van der Waals surface area (Å²) in [5.74, 6) is -1.48. The van der Waals surface area contributed by atoms with Gasteiger partial charge in [-0.15, -0.1) is 0 Å². The molecule has 3 aromatic carbocycles. The molecule has 172 valence electrons. The predicted molar refractivity (Wildman–Crippen MR) is 132 cm³/mol. The van der Waals surface area contributed by atoms with E-state index >= 15 is 0 Å². The molecule has 2 N–H and O–H groups in total. The maximum Gasteiger partial charge on any atom is 0.300 e. The van der Waals surface area contributed by atoms with E-state index in [4.69, 9.17) is 0 Å². The normalized spacial score (nSPS) is 19.3. The van der Waals surface area contributed by atoms with E-state index in [1.807, 2.05) is 42.5 Å². The SMILES string of the molecule is CCc1ccc(N2C(=O)C(=O)/C(=C(\O)c3ccc4c(c3)CCCC4)C2c2ccc(O)cc2)cc1. The first-order valence-corrected chi connectivity index (χ1v) is 11.8. The number of anilines is 1. The van der Waals surface area contributed by atoms with Crippen LogP contribution in [0.5, 0.6) is 5.75 Å². The Hall–Kier alpha value is -3.86. The van der Waals surface area contributed by atoms with Gasteiger partial charge < -0.3 is 10.2 Å². The van der Waals surface area contributed by atoms with Gasteiger partial charge in [-0.3, -0.25) is 14.5 Å². The summed E-state index contributed by atoms with van der Waals surface area (Å²) in [7, 11) is 0. The molecule has 2 aliphatic rings. The van der Waals surface area contributed by atoms with Crippen LogP contribution in [0.1, 0.15) is 53.6 Å². The largest absolute Gasteiger partial charge is 0.508 e. The molecule has 0 radical (unpaired) electrons. The van der Waals surface area contributed by atoms with Crippen molar-refractivity contribution < 1.29 is 19.8 Å². The van der Waals surface area contributed by atoms with Crippen LogP contribution in [0.2, 0.25) is 0 Å². The number of benzene rings is 3. The molecule has 0 saturated carbocycles. The molecule has 1 amide bonds. The first kappa shape index (κ1) is 22.0. The Bertz CT molecular complexity index is 1290. The van der Waals surface area contributed by atoms with Crippen molar-refractivity contribution in [2.24, 2.45) is 0 Å². The van der Waals surface area contributed by atoms with Crippen LogP contribution in [0.4, 0.5) is 5.69 Å². The summed E-state index contributed by atoms with van der Waals surface area (Å²) in [5.41, 5.74) is 5.40. The van der Waals surface area contributed by atoms with Gasteiger partial charge in [0.05, 0.1) is 11.6 Å². The van der Waals surface area contributed by atoms with Gasteiger partial charge in [0, 0.05) is 11.3 Å². The average Bonchev–Trinajstić information content (AvgIpc) is 3.14. The molecule has 1 atom stereocenters. The number of ketones is 1. The van der Waals surface area contributed by atoms with Crippen LogP contribution in [-0.2, 0) is 28.9 Å². The Balaban J connectivity index is 1.67. The zero-order valence-electron chi connectivity index (χ0n) is 19.1. The van der Waals surface area contributed by atoms with Gasteiger partial charge in [-0.05, 0) is 84.7 Å². The summed E-state index contributed by atoms with van der Waals surface area (Å²) in [5, 5.41) is 21.2. The van der Waals surface area contributed by atoms with Gasteiger partial charge >= 0.3 is 0 Å². The van der Waals surface area contributed by atoms with Crippen LogP contribution in [-0.4, -0.2) is 21.9 Å². The third kappa shape index (κ3) is 3.77. The Labute approximate surface area is 199 Å². The molecule has 1 saturated heterocycles. The van der Waals surface area contributed by atoms with Crippen molar-refractivity contribution in [1.29, 1.82) is 0 Å². The van der Waals surface area contributed by atoms with Crippen LogP contribution in [0.3, 0.4) is 0 Å². The number of Topliss-reactive ketones (excluding diaryl/α,β-unsaturated/α-hetero) is 1. The minimum Gasteiger partial charge on any atom is -0.508 e. The van der Waals surface area contributed by atoms with Crippen molar-refractivity contribution in [3.63, 3.8) is 0 Å². The molecule has 1 unspecified atom stereocenters. The highest BCUT2D eigenvalue weighted by Crippen LogP contribution is 2.42. The number of aliphatic hydroxyl groups excluding tert-OH is 1. The quantitative estimate of drug-likeness (QED) is 0.312. The third-order valence-corrected chi connectivity index (χ3v) is 6.90. The molecule has 1 aliphatic heterocycles. The van der Waals surface area contributed by atoms with E-state index in [1.165, 1.54) is 28.2 Å². The van der Waals surface area contributed by atoms with Crippen molar-refractivity contribution in [3.8, 4) is 5.75 Å². The van der Waals surface area contributed by atoms with E-state index in [-0.39, 0.29) is 17.1 Å². The Kier molecular flexibility index (Phi) is 5.70. The predicted octanol–water partition coefficient (Wildman–Crippen LogP) is 5.46. The van der Waals surface area contributed by atoms with E-state index in [1.54, 1.807) is 12.1 Å². The maximum atomic E-state index is 13.3. The van der Waals surface area contributed by atoms with Gasteiger partial charge in [0.25, 0.3) is 11.7 Å². The van der Waals surface area contributed by atoms with Gasteiger partial charge in [-0.25, -0.2) is 0 Å². The van der Waals surface area contributed by atoms with Crippen molar-refractivity contribution in [1.82, 2.24) is 0 Å². The van der Waals surface area contributed by atoms with Crippen molar-refractivity contribution in [3.05, 3.63) is 100 Å². The second-order valence-electron chi connectivity index (χ2n) is 8.97. The van der Waals surface area contributed by atoms with Gasteiger partial charge in [-0.2, -0.15) is 0 Å².